The molecule has 1 aromatic heterocycles. The van der Waals surface area contributed by atoms with Gasteiger partial charge >= 0.3 is 0 Å². The van der Waals surface area contributed by atoms with E-state index in [-0.39, 0.29) is 23.5 Å². The first-order chi connectivity index (χ1) is 16.7. The van der Waals surface area contributed by atoms with Crippen LogP contribution >= 0.6 is 39.5 Å². The minimum absolute atomic E-state index is 0.126. The lowest BCUT2D eigenvalue weighted by Gasteiger charge is -2.16. The molecule has 0 saturated carbocycles. The maximum Gasteiger partial charge on any atom is 0.264 e. The summed E-state index contributed by atoms with van der Waals surface area (Å²) in [7, 11) is 0. The second-order valence-corrected chi connectivity index (χ2v) is 10.9. The van der Waals surface area contributed by atoms with Gasteiger partial charge in [0.05, 0.1) is 10.2 Å². The zero-order valence-electron chi connectivity index (χ0n) is 19.9. The molecule has 3 aromatic carbocycles. The van der Waals surface area contributed by atoms with Crippen LogP contribution in [-0.4, -0.2) is 22.6 Å². The molecule has 0 fully saturated rings. The third-order valence-electron chi connectivity index (χ3n) is 5.46. The molecule has 1 heterocycles. The average Bonchev–Trinajstić information content (AvgIpc) is 3.23. The van der Waals surface area contributed by atoms with Crippen molar-refractivity contribution in [2.24, 2.45) is 0 Å². The molecule has 35 heavy (non-hydrogen) atoms. The van der Waals surface area contributed by atoms with E-state index in [1.54, 1.807) is 11.3 Å². The Bertz CT molecular complexity index is 1400. The van der Waals surface area contributed by atoms with Crippen LogP contribution in [0.4, 0.5) is 5.69 Å². The Labute approximate surface area is 223 Å². The lowest BCUT2D eigenvalue weighted by atomic mass is 10.0. The van der Waals surface area contributed by atoms with Crippen molar-refractivity contribution < 1.29 is 9.53 Å². The number of thiocarbonyl (C=S) groups is 1. The molecule has 0 aliphatic carbocycles. The molecule has 4 aromatic rings. The molecule has 4 rings (SSSR count). The van der Waals surface area contributed by atoms with Gasteiger partial charge in [0.15, 0.2) is 11.7 Å². The van der Waals surface area contributed by atoms with Gasteiger partial charge in [0, 0.05) is 15.7 Å². The minimum atomic E-state index is -0.320. The van der Waals surface area contributed by atoms with Gasteiger partial charge in [0.25, 0.3) is 5.91 Å². The van der Waals surface area contributed by atoms with Crippen molar-refractivity contribution >= 4 is 66.4 Å². The average molecular weight is 569 g/mol. The largest absolute Gasteiger partial charge is 0.483 e. The fourth-order valence-corrected chi connectivity index (χ4v) is 5.23. The van der Waals surface area contributed by atoms with E-state index >= 15 is 0 Å². The molecule has 2 N–H and O–H groups in total. The van der Waals surface area contributed by atoms with E-state index in [9.17, 15) is 4.79 Å². The lowest BCUT2D eigenvalue weighted by Crippen LogP contribution is -2.37. The second-order valence-electron chi connectivity index (χ2n) is 8.65. The van der Waals surface area contributed by atoms with Crippen molar-refractivity contribution in [2.45, 2.75) is 33.6 Å². The van der Waals surface area contributed by atoms with Crippen LogP contribution in [-0.2, 0) is 4.79 Å². The SMILES string of the molecule is Cc1ccc2nc(-c3ccc(NC(=S)NC(=O)COc4cc(C)c(Br)cc4C(C)C)cc3)sc2c1. The standard InChI is InChI=1S/C27H26BrN3O2S2/c1-15(2)20-13-21(28)17(4)12-23(20)33-14-25(32)31-27(34)29-19-8-6-18(7-9-19)26-30-22-10-5-16(3)11-24(22)35-26/h5-13,15H,14H2,1-4H3,(H2,29,31,32,34). The van der Waals surface area contributed by atoms with Crippen LogP contribution in [0, 0.1) is 13.8 Å². The number of nitrogens with one attached hydrogen (secondary N) is 2. The highest BCUT2D eigenvalue weighted by atomic mass is 79.9. The van der Waals surface area contributed by atoms with Crippen LogP contribution in [0.15, 0.2) is 59.1 Å². The quantitative estimate of drug-likeness (QED) is 0.238. The Kier molecular flexibility index (Phi) is 7.84. The topological polar surface area (TPSA) is 63.2 Å². The molecule has 0 bridgehead atoms. The monoisotopic (exact) mass is 567 g/mol. The molecule has 8 heteroatoms. The number of amides is 1. The first-order valence-corrected chi connectivity index (χ1v) is 13.2. The van der Waals surface area contributed by atoms with Crippen molar-refractivity contribution in [3.05, 3.63) is 75.8 Å². The normalized spacial score (nSPS) is 11.0. The van der Waals surface area contributed by atoms with E-state index in [1.807, 2.05) is 49.4 Å². The number of anilines is 1. The maximum absolute atomic E-state index is 12.4. The number of thiazole rings is 1. The van der Waals surface area contributed by atoms with E-state index < -0.39 is 0 Å². The molecular weight excluding hydrogens is 542 g/mol. The highest BCUT2D eigenvalue weighted by Gasteiger charge is 2.13. The van der Waals surface area contributed by atoms with E-state index in [0.29, 0.717) is 5.75 Å². The van der Waals surface area contributed by atoms with Crippen molar-refractivity contribution in [1.82, 2.24) is 10.3 Å². The van der Waals surface area contributed by atoms with E-state index in [1.165, 1.54) is 10.3 Å². The zero-order chi connectivity index (χ0) is 25.1. The third kappa shape index (κ3) is 6.25. The Morgan fingerprint density at radius 3 is 2.57 bits per heavy atom. The van der Waals surface area contributed by atoms with Crippen molar-refractivity contribution in [2.75, 3.05) is 11.9 Å². The van der Waals surface area contributed by atoms with Gasteiger partial charge in [0.1, 0.15) is 10.8 Å². The number of aromatic nitrogens is 1. The number of carbonyl (C=O) groups excluding carboxylic acids is 1. The van der Waals surface area contributed by atoms with Crippen LogP contribution < -0.4 is 15.4 Å². The molecule has 180 valence electrons. The summed E-state index contributed by atoms with van der Waals surface area (Å²) < 4.78 is 8.01. The summed E-state index contributed by atoms with van der Waals surface area (Å²) in [6, 6.07) is 18.1. The van der Waals surface area contributed by atoms with Gasteiger partial charge in [-0.3, -0.25) is 10.1 Å². The number of halogens is 1. The molecule has 1 amide bonds. The summed E-state index contributed by atoms with van der Waals surface area (Å²) >= 11 is 10.5. The predicted octanol–water partition coefficient (Wildman–Crippen LogP) is 7.36. The number of hydrogen-bond acceptors (Lipinski definition) is 5. The first kappa shape index (κ1) is 25.3. The molecular formula is C27H26BrN3O2S2. The van der Waals surface area contributed by atoms with Crippen LogP contribution in [0.1, 0.15) is 36.5 Å². The molecule has 0 aliphatic heterocycles. The Morgan fingerprint density at radius 1 is 1.11 bits per heavy atom. The number of hydrogen-bond donors (Lipinski definition) is 2. The van der Waals surface area contributed by atoms with Crippen LogP contribution in [0.3, 0.4) is 0 Å². The molecule has 0 unspecified atom stereocenters. The van der Waals surface area contributed by atoms with Crippen LogP contribution in [0.5, 0.6) is 5.75 Å². The number of benzene rings is 3. The Hall–Kier alpha value is -2.81. The molecule has 0 radical (unpaired) electrons. The number of ether oxygens (including phenoxy) is 1. The summed E-state index contributed by atoms with van der Waals surface area (Å²) in [6.07, 6.45) is 0. The number of rotatable bonds is 6. The van der Waals surface area contributed by atoms with E-state index in [4.69, 9.17) is 21.9 Å². The maximum atomic E-state index is 12.4. The van der Waals surface area contributed by atoms with E-state index in [0.717, 1.165) is 37.4 Å². The van der Waals surface area contributed by atoms with Gasteiger partial charge in [-0.2, -0.15) is 0 Å². The highest BCUT2D eigenvalue weighted by molar-refractivity contribution is 9.10. The number of carbonyl (C=O) groups is 1. The number of aryl methyl sites for hydroxylation is 2. The third-order valence-corrected chi connectivity index (χ3v) is 7.58. The van der Waals surface area contributed by atoms with Crippen molar-refractivity contribution in [3.63, 3.8) is 0 Å². The van der Waals surface area contributed by atoms with Gasteiger partial charge < -0.3 is 10.1 Å². The molecule has 5 nitrogen and oxygen atoms in total. The summed E-state index contributed by atoms with van der Waals surface area (Å²) in [5, 5.41) is 6.92. The van der Waals surface area contributed by atoms with Crippen LogP contribution in [0.2, 0.25) is 0 Å². The summed E-state index contributed by atoms with van der Waals surface area (Å²) in [5.74, 6) is 0.650. The summed E-state index contributed by atoms with van der Waals surface area (Å²) in [5.41, 5.74) is 6.13. The van der Waals surface area contributed by atoms with Crippen molar-refractivity contribution in [3.8, 4) is 16.3 Å². The molecule has 0 saturated heterocycles. The molecule has 0 aliphatic rings. The lowest BCUT2D eigenvalue weighted by molar-refractivity contribution is -0.121. The number of fused-ring (bicyclic) bond motifs is 1. The summed E-state index contributed by atoms with van der Waals surface area (Å²) in [4.78, 5) is 17.1. The van der Waals surface area contributed by atoms with Crippen LogP contribution in [0.25, 0.3) is 20.8 Å². The van der Waals surface area contributed by atoms with Gasteiger partial charge in [0.2, 0.25) is 0 Å². The summed E-state index contributed by atoms with van der Waals surface area (Å²) in [6.45, 7) is 8.12. The fourth-order valence-electron chi connectivity index (χ4n) is 3.57. The fraction of sp³-hybridized carbons (Fsp3) is 0.222. The van der Waals surface area contributed by atoms with Gasteiger partial charge in [-0.15, -0.1) is 11.3 Å². The molecule has 0 spiro atoms. The van der Waals surface area contributed by atoms with Crippen molar-refractivity contribution in [1.29, 1.82) is 0 Å². The van der Waals surface area contributed by atoms with Gasteiger partial charge in [-0.25, -0.2) is 4.98 Å². The first-order valence-electron chi connectivity index (χ1n) is 11.2. The smallest absolute Gasteiger partial charge is 0.264 e. The van der Waals surface area contributed by atoms with E-state index in [2.05, 4.69) is 59.5 Å². The minimum Gasteiger partial charge on any atom is -0.483 e. The predicted molar refractivity (Wildman–Crippen MR) is 153 cm³/mol. The second kappa shape index (κ2) is 10.8. The zero-order valence-corrected chi connectivity index (χ0v) is 23.2. The Morgan fingerprint density at radius 2 is 1.86 bits per heavy atom. The highest BCUT2D eigenvalue weighted by Crippen LogP contribution is 2.33. The van der Waals surface area contributed by atoms with Gasteiger partial charge in [-0.05, 0) is 97.2 Å². The number of nitrogens with zero attached hydrogens (tertiary/aromatic N) is 1. The van der Waals surface area contributed by atoms with Gasteiger partial charge in [-0.1, -0.05) is 35.8 Å². The Balaban J connectivity index is 1.34. The molecule has 0 atom stereocenters.